The van der Waals surface area contributed by atoms with Gasteiger partial charge in [0.05, 0.1) is 5.69 Å². The van der Waals surface area contributed by atoms with Crippen LogP contribution >= 0.6 is 0 Å². The molecule has 0 saturated heterocycles. The molecule has 0 radical (unpaired) electrons. The third kappa shape index (κ3) is 1.46. The molecule has 0 N–H and O–H groups in total. The van der Waals surface area contributed by atoms with Crippen LogP contribution in [0.1, 0.15) is 16.8 Å². The van der Waals surface area contributed by atoms with Crippen molar-refractivity contribution in [2.24, 2.45) is 0 Å². The fourth-order valence-electron chi connectivity index (χ4n) is 2.51. The Bertz CT molecular complexity index is 664. The number of hydrogen-bond acceptors (Lipinski definition) is 1. The van der Waals surface area contributed by atoms with E-state index in [4.69, 9.17) is 6.57 Å². The topological polar surface area (TPSA) is 24.7 Å². The van der Waals surface area contributed by atoms with E-state index in [2.05, 4.69) is 4.85 Å². The van der Waals surface area contributed by atoms with Crippen LogP contribution in [0.5, 0.6) is 0 Å². The first-order valence-electron chi connectivity index (χ1n) is 6.00. The first-order chi connectivity index (χ1) is 8.83. The zero-order valence-corrected chi connectivity index (χ0v) is 9.89. The smallest absolute Gasteiger partial charge is 0.259 e. The maximum Gasteiger partial charge on any atom is 0.259 e. The van der Waals surface area contributed by atoms with Crippen molar-refractivity contribution in [1.82, 2.24) is 0 Å². The summed E-state index contributed by atoms with van der Waals surface area (Å²) in [5, 5.41) is 2.15. The van der Waals surface area contributed by atoms with Gasteiger partial charge in [-0.05, 0) is 17.5 Å². The molecule has 2 aromatic carbocycles. The lowest BCUT2D eigenvalue weighted by atomic mass is 10.1. The Morgan fingerprint density at radius 3 is 2.72 bits per heavy atom. The second-order valence-corrected chi connectivity index (χ2v) is 4.37. The first kappa shape index (κ1) is 10.8. The highest BCUT2D eigenvalue weighted by molar-refractivity contribution is 6.24. The van der Waals surface area contributed by atoms with Gasteiger partial charge in [0.25, 0.3) is 5.91 Å². The Morgan fingerprint density at radius 1 is 1.17 bits per heavy atom. The monoisotopic (exact) mass is 236 g/mol. The van der Waals surface area contributed by atoms with Crippen LogP contribution in [0.25, 0.3) is 15.6 Å². The third-order valence-corrected chi connectivity index (χ3v) is 3.30. The van der Waals surface area contributed by atoms with E-state index < -0.39 is 0 Å². The Kier molecular flexibility index (Phi) is 2.49. The maximum absolute atomic E-state index is 12.3. The van der Waals surface area contributed by atoms with E-state index in [1.807, 2.05) is 36.4 Å². The third-order valence-electron chi connectivity index (χ3n) is 3.30. The van der Waals surface area contributed by atoms with Crippen LogP contribution in [0.15, 0.2) is 36.4 Å². The van der Waals surface area contributed by atoms with Crippen LogP contribution in [-0.2, 0) is 0 Å². The standard InChI is InChI=1S/C15H12N2O/c1-16-9-4-10-17-13-8-3-6-11-5-2-7-12(14(11)13)15(17)18/h2-3,5-8H,4,9-10H2. The molecule has 0 aromatic heterocycles. The molecule has 0 fully saturated rings. The summed E-state index contributed by atoms with van der Waals surface area (Å²) < 4.78 is 0. The number of anilines is 1. The molecule has 1 amide bonds. The molecule has 0 unspecified atom stereocenters. The minimum atomic E-state index is 0.0618. The minimum Gasteiger partial charge on any atom is -0.317 e. The number of carbonyl (C=O) groups is 1. The zero-order chi connectivity index (χ0) is 12.5. The van der Waals surface area contributed by atoms with Crippen LogP contribution in [0.4, 0.5) is 5.69 Å². The Morgan fingerprint density at radius 2 is 1.94 bits per heavy atom. The molecule has 3 heteroatoms. The predicted molar refractivity (Wildman–Crippen MR) is 71.7 cm³/mol. The quantitative estimate of drug-likeness (QED) is 0.593. The van der Waals surface area contributed by atoms with Gasteiger partial charge in [-0.3, -0.25) is 4.79 Å². The van der Waals surface area contributed by atoms with E-state index in [1.165, 1.54) is 0 Å². The van der Waals surface area contributed by atoms with Gasteiger partial charge in [-0.1, -0.05) is 24.3 Å². The molecule has 1 aliphatic heterocycles. The van der Waals surface area contributed by atoms with Crippen LogP contribution in [0.3, 0.4) is 0 Å². The first-order valence-corrected chi connectivity index (χ1v) is 6.00. The average molecular weight is 236 g/mol. The molecule has 0 spiro atoms. The van der Waals surface area contributed by atoms with Crippen LogP contribution in [-0.4, -0.2) is 19.0 Å². The SMILES string of the molecule is [C-]#[N+]CCCN1C(=O)c2cccc3cccc1c23. The van der Waals surface area contributed by atoms with Gasteiger partial charge < -0.3 is 9.74 Å². The molecule has 18 heavy (non-hydrogen) atoms. The molecule has 3 nitrogen and oxygen atoms in total. The summed E-state index contributed by atoms with van der Waals surface area (Å²) in [6.07, 6.45) is 0.722. The van der Waals surface area contributed by atoms with Gasteiger partial charge in [0, 0.05) is 23.9 Å². The molecular formula is C15H12N2O. The summed E-state index contributed by atoms with van der Waals surface area (Å²) in [4.78, 5) is 17.4. The Hall–Kier alpha value is -2.34. The van der Waals surface area contributed by atoms with Gasteiger partial charge in [0.2, 0.25) is 6.54 Å². The molecule has 0 aliphatic carbocycles. The molecule has 1 aliphatic rings. The summed E-state index contributed by atoms with van der Waals surface area (Å²) >= 11 is 0. The highest BCUT2D eigenvalue weighted by Crippen LogP contribution is 2.36. The van der Waals surface area contributed by atoms with E-state index in [-0.39, 0.29) is 5.91 Å². The summed E-state index contributed by atoms with van der Waals surface area (Å²) in [7, 11) is 0. The lowest BCUT2D eigenvalue weighted by molar-refractivity contribution is 0.0993. The second-order valence-electron chi connectivity index (χ2n) is 4.37. The average Bonchev–Trinajstić information content (AvgIpc) is 2.67. The summed E-state index contributed by atoms with van der Waals surface area (Å²) in [6, 6.07) is 11.8. The minimum absolute atomic E-state index is 0.0618. The fraction of sp³-hybridized carbons (Fsp3) is 0.200. The summed E-state index contributed by atoms with van der Waals surface area (Å²) in [6.45, 7) is 7.88. The van der Waals surface area contributed by atoms with Crippen molar-refractivity contribution in [3.63, 3.8) is 0 Å². The molecular weight excluding hydrogens is 224 g/mol. The van der Waals surface area contributed by atoms with E-state index in [9.17, 15) is 4.79 Å². The van der Waals surface area contributed by atoms with Crippen molar-refractivity contribution >= 4 is 22.4 Å². The van der Waals surface area contributed by atoms with E-state index in [0.717, 1.165) is 28.4 Å². The van der Waals surface area contributed by atoms with Crippen LogP contribution in [0, 0.1) is 6.57 Å². The number of carbonyl (C=O) groups excluding carboxylic acids is 1. The number of rotatable bonds is 3. The Balaban J connectivity index is 2.06. The number of nitrogens with zero attached hydrogens (tertiary/aromatic N) is 2. The molecule has 0 atom stereocenters. The second kappa shape index (κ2) is 4.15. The number of hydrogen-bond donors (Lipinski definition) is 0. The van der Waals surface area contributed by atoms with Gasteiger partial charge >= 0.3 is 0 Å². The summed E-state index contributed by atoms with van der Waals surface area (Å²) in [5.74, 6) is 0.0618. The largest absolute Gasteiger partial charge is 0.317 e. The zero-order valence-electron chi connectivity index (χ0n) is 9.89. The van der Waals surface area contributed by atoms with Crippen LogP contribution in [0.2, 0.25) is 0 Å². The van der Waals surface area contributed by atoms with Crippen molar-refractivity contribution in [3.05, 3.63) is 53.4 Å². The highest BCUT2D eigenvalue weighted by Gasteiger charge is 2.28. The molecule has 0 saturated carbocycles. The van der Waals surface area contributed by atoms with Crippen molar-refractivity contribution < 1.29 is 4.79 Å². The molecule has 3 rings (SSSR count). The molecule has 1 heterocycles. The number of benzene rings is 2. The predicted octanol–water partition coefficient (Wildman–Crippen LogP) is 3.11. The van der Waals surface area contributed by atoms with Gasteiger partial charge in [0.1, 0.15) is 0 Å². The highest BCUT2D eigenvalue weighted by atomic mass is 16.2. The fourth-order valence-corrected chi connectivity index (χ4v) is 2.51. The molecule has 2 aromatic rings. The number of amides is 1. The van der Waals surface area contributed by atoms with Gasteiger partial charge in [-0.15, -0.1) is 0 Å². The van der Waals surface area contributed by atoms with Gasteiger partial charge in [0.15, 0.2) is 0 Å². The normalized spacial score (nSPS) is 13.1. The molecule has 88 valence electrons. The van der Waals surface area contributed by atoms with E-state index in [0.29, 0.717) is 13.1 Å². The van der Waals surface area contributed by atoms with E-state index in [1.54, 1.807) is 4.90 Å². The maximum atomic E-state index is 12.3. The lowest BCUT2D eigenvalue weighted by Gasteiger charge is -2.16. The van der Waals surface area contributed by atoms with E-state index >= 15 is 0 Å². The lowest BCUT2D eigenvalue weighted by Crippen LogP contribution is -2.28. The van der Waals surface area contributed by atoms with Crippen molar-refractivity contribution in [3.8, 4) is 0 Å². The van der Waals surface area contributed by atoms with Crippen LogP contribution < -0.4 is 4.90 Å². The Labute approximate surface area is 105 Å². The van der Waals surface area contributed by atoms with Crippen molar-refractivity contribution in [2.45, 2.75) is 6.42 Å². The molecule has 0 bridgehead atoms. The van der Waals surface area contributed by atoms with Crippen molar-refractivity contribution in [1.29, 1.82) is 0 Å². The van der Waals surface area contributed by atoms with Gasteiger partial charge in [-0.2, -0.15) is 0 Å². The van der Waals surface area contributed by atoms with Gasteiger partial charge in [-0.25, -0.2) is 6.57 Å². The van der Waals surface area contributed by atoms with Crippen molar-refractivity contribution in [2.75, 3.05) is 18.0 Å². The summed E-state index contributed by atoms with van der Waals surface area (Å²) in [5.41, 5.74) is 1.77.